The van der Waals surface area contributed by atoms with Crippen molar-refractivity contribution < 1.29 is 19.4 Å². The molecule has 1 amide bonds. The van der Waals surface area contributed by atoms with E-state index in [1.807, 2.05) is 0 Å². The summed E-state index contributed by atoms with van der Waals surface area (Å²) >= 11 is 0. The number of hydrogen-bond acceptors (Lipinski definition) is 3. The van der Waals surface area contributed by atoms with Crippen LogP contribution in [0.3, 0.4) is 0 Å². The van der Waals surface area contributed by atoms with E-state index in [1.165, 1.54) is 0 Å². The van der Waals surface area contributed by atoms with Crippen molar-refractivity contribution >= 4 is 11.9 Å². The zero-order valence-electron chi connectivity index (χ0n) is 9.91. The predicted octanol–water partition coefficient (Wildman–Crippen LogP) is 0.784. The summed E-state index contributed by atoms with van der Waals surface area (Å²) in [5.74, 6) is -0.971. The van der Waals surface area contributed by atoms with Crippen LogP contribution in [-0.2, 0) is 14.3 Å². The Bertz CT molecular complexity index is 306. The molecule has 0 bridgehead atoms. The fourth-order valence-corrected chi connectivity index (χ4v) is 2.44. The molecular weight excluding hydrogens is 222 g/mol. The smallest absolute Gasteiger partial charge is 0.319 e. The van der Waals surface area contributed by atoms with Gasteiger partial charge in [0.2, 0.25) is 5.91 Å². The van der Waals surface area contributed by atoms with Crippen LogP contribution in [0.2, 0.25) is 0 Å². The third-order valence-electron chi connectivity index (χ3n) is 3.86. The first kappa shape index (κ1) is 12.4. The van der Waals surface area contributed by atoms with Crippen LogP contribution in [0, 0.1) is 11.3 Å². The van der Waals surface area contributed by atoms with Crippen molar-refractivity contribution in [1.82, 2.24) is 5.32 Å². The van der Waals surface area contributed by atoms with E-state index in [1.54, 1.807) is 0 Å². The molecule has 1 aliphatic heterocycles. The van der Waals surface area contributed by atoms with E-state index in [-0.39, 0.29) is 5.91 Å². The van der Waals surface area contributed by atoms with Crippen molar-refractivity contribution in [2.75, 3.05) is 19.8 Å². The zero-order valence-corrected chi connectivity index (χ0v) is 9.91. The van der Waals surface area contributed by atoms with Crippen molar-refractivity contribution in [2.45, 2.75) is 32.1 Å². The molecule has 0 radical (unpaired) electrons. The number of carbonyl (C=O) groups excluding carboxylic acids is 1. The van der Waals surface area contributed by atoms with Gasteiger partial charge in [-0.1, -0.05) is 6.42 Å². The van der Waals surface area contributed by atoms with E-state index in [0.29, 0.717) is 31.9 Å². The molecule has 96 valence electrons. The highest BCUT2D eigenvalue weighted by molar-refractivity contribution is 6.02. The Morgan fingerprint density at radius 2 is 2.12 bits per heavy atom. The molecular formula is C12H19NO4. The minimum Gasteiger partial charge on any atom is -0.480 e. The van der Waals surface area contributed by atoms with Gasteiger partial charge in [0.05, 0.1) is 6.61 Å². The van der Waals surface area contributed by atoms with Crippen LogP contribution in [0.5, 0.6) is 0 Å². The molecule has 2 rings (SSSR count). The second-order valence-corrected chi connectivity index (χ2v) is 5.03. The summed E-state index contributed by atoms with van der Waals surface area (Å²) in [5.41, 5.74) is -1.14. The molecule has 1 aliphatic carbocycles. The largest absolute Gasteiger partial charge is 0.480 e. The number of carbonyl (C=O) groups is 2. The fourth-order valence-electron chi connectivity index (χ4n) is 2.44. The SMILES string of the molecule is O=C(O)C1(C(=O)NCC2CCCOC2)CCC1. The molecule has 2 fully saturated rings. The van der Waals surface area contributed by atoms with E-state index in [4.69, 9.17) is 9.84 Å². The Hall–Kier alpha value is -1.10. The molecule has 0 aromatic rings. The maximum atomic E-state index is 11.9. The van der Waals surface area contributed by atoms with Crippen LogP contribution in [0.25, 0.3) is 0 Å². The van der Waals surface area contributed by atoms with E-state index < -0.39 is 11.4 Å². The predicted molar refractivity (Wildman–Crippen MR) is 60.5 cm³/mol. The molecule has 1 unspecified atom stereocenters. The van der Waals surface area contributed by atoms with Crippen molar-refractivity contribution in [2.24, 2.45) is 11.3 Å². The van der Waals surface area contributed by atoms with Crippen LogP contribution >= 0.6 is 0 Å². The quantitative estimate of drug-likeness (QED) is 0.713. The van der Waals surface area contributed by atoms with E-state index in [9.17, 15) is 9.59 Å². The van der Waals surface area contributed by atoms with Gasteiger partial charge in [0.15, 0.2) is 0 Å². The maximum absolute atomic E-state index is 11.9. The highest BCUT2D eigenvalue weighted by Crippen LogP contribution is 2.41. The van der Waals surface area contributed by atoms with Crippen LogP contribution in [-0.4, -0.2) is 36.7 Å². The maximum Gasteiger partial charge on any atom is 0.319 e. The summed E-state index contributed by atoms with van der Waals surface area (Å²) in [4.78, 5) is 23.0. The van der Waals surface area contributed by atoms with Gasteiger partial charge in [0.25, 0.3) is 0 Å². The lowest BCUT2D eigenvalue weighted by Crippen LogP contribution is -2.52. The van der Waals surface area contributed by atoms with Gasteiger partial charge in [-0.2, -0.15) is 0 Å². The average Bonchev–Trinajstić information content (AvgIpc) is 2.25. The second kappa shape index (κ2) is 5.04. The number of carboxylic acids is 1. The first-order valence-corrected chi connectivity index (χ1v) is 6.24. The molecule has 0 spiro atoms. The summed E-state index contributed by atoms with van der Waals surface area (Å²) in [6.07, 6.45) is 3.82. The molecule has 5 heteroatoms. The highest BCUT2D eigenvalue weighted by atomic mass is 16.5. The fraction of sp³-hybridized carbons (Fsp3) is 0.833. The standard InChI is InChI=1S/C12H19NO4/c14-10(12(11(15)16)4-2-5-12)13-7-9-3-1-6-17-8-9/h9H,1-8H2,(H,13,14)(H,15,16). The lowest BCUT2D eigenvalue weighted by atomic mass is 9.68. The number of nitrogens with one attached hydrogen (secondary N) is 1. The van der Waals surface area contributed by atoms with E-state index >= 15 is 0 Å². The molecule has 0 aromatic carbocycles. The van der Waals surface area contributed by atoms with Gasteiger partial charge in [-0.25, -0.2) is 0 Å². The van der Waals surface area contributed by atoms with Crippen LogP contribution in [0.15, 0.2) is 0 Å². The first-order valence-electron chi connectivity index (χ1n) is 6.24. The molecule has 17 heavy (non-hydrogen) atoms. The monoisotopic (exact) mass is 241 g/mol. The Morgan fingerprint density at radius 1 is 1.35 bits per heavy atom. The van der Waals surface area contributed by atoms with Crippen LogP contribution in [0.4, 0.5) is 0 Å². The van der Waals surface area contributed by atoms with Gasteiger partial charge >= 0.3 is 5.97 Å². The van der Waals surface area contributed by atoms with Crippen LogP contribution in [0.1, 0.15) is 32.1 Å². The summed E-state index contributed by atoms with van der Waals surface area (Å²) in [5, 5.41) is 11.9. The van der Waals surface area contributed by atoms with Gasteiger partial charge in [-0.3, -0.25) is 9.59 Å². The Balaban J connectivity index is 1.82. The van der Waals surface area contributed by atoms with Crippen molar-refractivity contribution in [3.05, 3.63) is 0 Å². The molecule has 0 aromatic heterocycles. The lowest BCUT2D eigenvalue weighted by Gasteiger charge is -2.36. The molecule has 1 saturated carbocycles. The van der Waals surface area contributed by atoms with Crippen molar-refractivity contribution in [1.29, 1.82) is 0 Å². The molecule has 1 heterocycles. The van der Waals surface area contributed by atoms with E-state index in [2.05, 4.69) is 5.32 Å². The molecule has 5 nitrogen and oxygen atoms in total. The van der Waals surface area contributed by atoms with Gasteiger partial charge in [0, 0.05) is 13.2 Å². The third-order valence-corrected chi connectivity index (χ3v) is 3.86. The number of ether oxygens (including phenoxy) is 1. The normalized spacial score (nSPS) is 26.9. The number of amides is 1. The lowest BCUT2D eigenvalue weighted by molar-refractivity contribution is -0.162. The number of aliphatic carboxylic acids is 1. The summed E-state index contributed by atoms with van der Waals surface area (Å²) in [7, 11) is 0. The number of carboxylic acid groups (broad SMARTS) is 1. The number of hydrogen-bond donors (Lipinski definition) is 2. The van der Waals surface area contributed by atoms with Crippen LogP contribution < -0.4 is 5.32 Å². The summed E-state index contributed by atoms with van der Waals surface area (Å²) in [6.45, 7) is 2.00. The van der Waals surface area contributed by atoms with Crippen molar-refractivity contribution in [3.8, 4) is 0 Å². The molecule has 2 N–H and O–H groups in total. The Morgan fingerprint density at radius 3 is 2.59 bits per heavy atom. The van der Waals surface area contributed by atoms with Gasteiger partial charge < -0.3 is 15.2 Å². The Kier molecular flexibility index (Phi) is 3.66. The third kappa shape index (κ3) is 2.44. The average molecular weight is 241 g/mol. The Labute approximate surface area is 101 Å². The first-order chi connectivity index (χ1) is 8.15. The van der Waals surface area contributed by atoms with Gasteiger partial charge in [-0.15, -0.1) is 0 Å². The highest BCUT2D eigenvalue weighted by Gasteiger charge is 2.51. The van der Waals surface area contributed by atoms with Gasteiger partial charge in [-0.05, 0) is 31.6 Å². The zero-order chi connectivity index (χ0) is 12.3. The minimum absolute atomic E-state index is 0.318. The van der Waals surface area contributed by atoms with E-state index in [0.717, 1.165) is 25.9 Å². The molecule has 2 aliphatic rings. The molecule has 1 saturated heterocycles. The second-order valence-electron chi connectivity index (χ2n) is 5.03. The topological polar surface area (TPSA) is 75.6 Å². The minimum atomic E-state index is -1.14. The summed E-state index contributed by atoms with van der Waals surface area (Å²) in [6, 6.07) is 0. The summed E-state index contributed by atoms with van der Waals surface area (Å²) < 4.78 is 5.32. The molecule has 1 atom stereocenters. The van der Waals surface area contributed by atoms with Crippen molar-refractivity contribution in [3.63, 3.8) is 0 Å². The van der Waals surface area contributed by atoms with Gasteiger partial charge in [0.1, 0.15) is 5.41 Å². The number of rotatable bonds is 4.